The van der Waals surface area contributed by atoms with Gasteiger partial charge in [-0.25, -0.2) is 0 Å². The molecule has 2 rings (SSSR count). The smallest absolute Gasteiger partial charge is 0.269 e. The standard InChI is InChI=1S/C14H21N3O2/c1-14(2)11-15-8-10-16(14)9-7-12-3-5-13(6-4-12)17(18)19/h3-6,15H,7-11H2,1-2H3. The minimum atomic E-state index is -0.358. The Morgan fingerprint density at radius 3 is 2.63 bits per heavy atom. The fourth-order valence-corrected chi connectivity index (χ4v) is 2.49. The maximum atomic E-state index is 10.6. The molecule has 0 spiro atoms. The van der Waals surface area contributed by atoms with Crippen molar-refractivity contribution in [3.8, 4) is 0 Å². The van der Waals surface area contributed by atoms with Gasteiger partial charge < -0.3 is 5.32 Å². The second kappa shape index (κ2) is 5.67. The monoisotopic (exact) mass is 263 g/mol. The van der Waals surface area contributed by atoms with Gasteiger partial charge >= 0.3 is 0 Å². The number of non-ortho nitro benzene ring substituents is 1. The predicted molar refractivity (Wildman–Crippen MR) is 75.3 cm³/mol. The molecule has 1 fully saturated rings. The van der Waals surface area contributed by atoms with Crippen molar-refractivity contribution in [2.75, 3.05) is 26.2 Å². The average molecular weight is 263 g/mol. The Morgan fingerprint density at radius 2 is 2.05 bits per heavy atom. The number of hydrogen-bond acceptors (Lipinski definition) is 4. The van der Waals surface area contributed by atoms with E-state index in [1.54, 1.807) is 12.1 Å². The highest BCUT2D eigenvalue weighted by molar-refractivity contribution is 5.32. The first-order chi connectivity index (χ1) is 8.99. The summed E-state index contributed by atoms with van der Waals surface area (Å²) in [6.07, 6.45) is 0.932. The molecule has 0 aliphatic carbocycles. The molecule has 1 aliphatic rings. The lowest BCUT2D eigenvalue weighted by atomic mass is 9.99. The van der Waals surface area contributed by atoms with Crippen LogP contribution in [-0.2, 0) is 6.42 Å². The Morgan fingerprint density at radius 1 is 1.37 bits per heavy atom. The second-order valence-corrected chi connectivity index (χ2v) is 5.65. The molecule has 0 saturated carbocycles. The van der Waals surface area contributed by atoms with Gasteiger partial charge in [0.15, 0.2) is 0 Å². The van der Waals surface area contributed by atoms with Crippen molar-refractivity contribution in [1.82, 2.24) is 10.2 Å². The molecule has 1 N–H and O–H groups in total. The lowest BCUT2D eigenvalue weighted by molar-refractivity contribution is -0.384. The summed E-state index contributed by atoms with van der Waals surface area (Å²) in [4.78, 5) is 12.7. The van der Waals surface area contributed by atoms with E-state index in [4.69, 9.17) is 0 Å². The Balaban J connectivity index is 1.93. The number of nitrogens with one attached hydrogen (secondary N) is 1. The molecule has 0 radical (unpaired) electrons. The zero-order valence-corrected chi connectivity index (χ0v) is 11.6. The minimum absolute atomic E-state index is 0.159. The van der Waals surface area contributed by atoms with E-state index in [1.807, 2.05) is 12.1 Å². The fraction of sp³-hybridized carbons (Fsp3) is 0.571. The number of nitro groups is 1. The first kappa shape index (κ1) is 14.0. The molecule has 104 valence electrons. The summed E-state index contributed by atoms with van der Waals surface area (Å²) in [5, 5.41) is 14.0. The highest BCUT2D eigenvalue weighted by Crippen LogP contribution is 2.18. The number of nitrogens with zero attached hydrogens (tertiary/aromatic N) is 2. The molecule has 0 bridgehead atoms. The van der Waals surface area contributed by atoms with E-state index in [9.17, 15) is 10.1 Å². The van der Waals surface area contributed by atoms with Gasteiger partial charge in [-0.2, -0.15) is 0 Å². The van der Waals surface area contributed by atoms with Gasteiger partial charge in [0, 0.05) is 43.9 Å². The lowest BCUT2D eigenvalue weighted by Crippen LogP contribution is -2.58. The summed E-state index contributed by atoms with van der Waals surface area (Å²) in [6, 6.07) is 6.87. The van der Waals surface area contributed by atoms with E-state index in [0.717, 1.165) is 38.2 Å². The normalized spacial score (nSPS) is 19.3. The van der Waals surface area contributed by atoms with Crippen molar-refractivity contribution < 1.29 is 4.92 Å². The van der Waals surface area contributed by atoms with Crippen LogP contribution in [0.25, 0.3) is 0 Å². The summed E-state index contributed by atoms with van der Waals surface area (Å²) >= 11 is 0. The lowest BCUT2D eigenvalue weighted by Gasteiger charge is -2.42. The maximum Gasteiger partial charge on any atom is 0.269 e. The maximum absolute atomic E-state index is 10.6. The average Bonchev–Trinajstić information content (AvgIpc) is 2.37. The number of hydrogen-bond donors (Lipinski definition) is 1. The van der Waals surface area contributed by atoms with Crippen LogP contribution >= 0.6 is 0 Å². The Hall–Kier alpha value is -1.46. The molecule has 1 aromatic carbocycles. The molecule has 5 nitrogen and oxygen atoms in total. The van der Waals surface area contributed by atoms with Crippen LogP contribution in [0.15, 0.2) is 24.3 Å². The van der Waals surface area contributed by atoms with Crippen molar-refractivity contribution in [1.29, 1.82) is 0 Å². The van der Waals surface area contributed by atoms with Gasteiger partial charge in [-0.1, -0.05) is 12.1 Å². The van der Waals surface area contributed by atoms with Gasteiger partial charge in [0.05, 0.1) is 4.92 Å². The number of piperazine rings is 1. The third-order valence-corrected chi connectivity index (χ3v) is 3.79. The molecule has 0 amide bonds. The van der Waals surface area contributed by atoms with Crippen LogP contribution < -0.4 is 5.32 Å². The van der Waals surface area contributed by atoms with E-state index in [2.05, 4.69) is 24.1 Å². The van der Waals surface area contributed by atoms with Crippen LogP contribution in [0.3, 0.4) is 0 Å². The first-order valence-corrected chi connectivity index (χ1v) is 6.68. The number of benzene rings is 1. The van der Waals surface area contributed by atoms with E-state index < -0.39 is 0 Å². The zero-order valence-electron chi connectivity index (χ0n) is 11.6. The summed E-state index contributed by atoms with van der Waals surface area (Å²) < 4.78 is 0. The predicted octanol–water partition coefficient (Wildman–Crippen LogP) is 1.82. The Labute approximate surface area is 113 Å². The third-order valence-electron chi connectivity index (χ3n) is 3.79. The van der Waals surface area contributed by atoms with E-state index in [-0.39, 0.29) is 16.1 Å². The van der Waals surface area contributed by atoms with Crippen LogP contribution in [0.2, 0.25) is 0 Å². The summed E-state index contributed by atoms with van der Waals surface area (Å²) in [5.41, 5.74) is 1.49. The summed E-state index contributed by atoms with van der Waals surface area (Å²) in [6.45, 7) is 8.58. The van der Waals surface area contributed by atoms with Crippen molar-refractivity contribution in [2.24, 2.45) is 0 Å². The van der Waals surface area contributed by atoms with Crippen molar-refractivity contribution >= 4 is 5.69 Å². The van der Waals surface area contributed by atoms with Crippen molar-refractivity contribution in [3.05, 3.63) is 39.9 Å². The number of rotatable bonds is 4. The molecule has 1 heterocycles. The van der Waals surface area contributed by atoms with Gasteiger partial charge in [-0.3, -0.25) is 15.0 Å². The second-order valence-electron chi connectivity index (χ2n) is 5.65. The number of nitro benzene ring substituents is 1. The topological polar surface area (TPSA) is 58.4 Å². The molecule has 0 aromatic heterocycles. The van der Waals surface area contributed by atoms with Crippen LogP contribution in [0.1, 0.15) is 19.4 Å². The molecule has 1 aromatic rings. The Kier molecular flexibility index (Phi) is 4.17. The minimum Gasteiger partial charge on any atom is -0.314 e. The van der Waals surface area contributed by atoms with Gasteiger partial charge in [0.2, 0.25) is 0 Å². The fourth-order valence-electron chi connectivity index (χ4n) is 2.49. The Bertz CT molecular complexity index is 443. The SMILES string of the molecule is CC1(C)CNCCN1CCc1ccc([N+](=O)[O-])cc1. The van der Waals surface area contributed by atoms with Crippen LogP contribution in [0.5, 0.6) is 0 Å². The highest BCUT2D eigenvalue weighted by Gasteiger charge is 2.28. The molecular formula is C14H21N3O2. The van der Waals surface area contributed by atoms with E-state index in [1.165, 1.54) is 0 Å². The van der Waals surface area contributed by atoms with E-state index in [0.29, 0.717) is 0 Å². The molecule has 1 saturated heterocycles. The highest BCUT2D eigenvalue weighted by atomic mass is 16.6. The molecule has 0 unspecified atom stereocenters. The van der Waals surface area contributed by atoms with Crippen molar-refractivity contribution in [2.45, 2.75) is 25.8 Å². The zero-order chi connectivity index (χ0) is 13.9. The van der Waals surface area contributed by atoms with Gasteiger partial charge in [0.25, 0.3) is 5.69 Å². The molecule has 1 aliphatic heterocycles. The van der Waals surface area contributed by atoms with E-state index >= 15 is 0 Å². The molecular weight excluding hydrogens is 242 g/mol. The van der Waals surface area contributed by atoms with Crippen molar-refractivity contribution in [3.63, 3.8) is 0 Å². The molecule has 0 atom stereocenters. The van der Waals surface area contributed by atoms with Crippen LogP contribution in [0.4, 0.5) is 5.69 Å². The summed E-state index contributed by atoms with van der Waals surface area (Å²) in [5.74, 6) is 0. The molecule has 5 heteroatoms. The van der Waals surface area contributed by atoms with Gasteiger partial charge in [0.1, 0.15) is 0 Å². The first-order valence-electron chi connectivity index (χ1n) is 6.68. The van der Waals surface area contributed by atoms with Gasteiger partial charge in [-0.15, -0.1) is 0 Å². The summed E-state index contributed by atoms with van der Waals surface area (Å²) in [7, 11) is 0. The van der Waals surface area contributed by atoms with Crippen LogP contribution in [0, 0.1) is 10.1 Å². The quantitative estimate of drug-likeness (QED) is 0.665. The van der Waals surface area contributed by atoms with Crippen LogP contribution in [-0.4, -0.2) is 41.5 Å². The largest absolute Gasteiger partial charge is 0.314 e. The van der Waals surface area contributed by atoms with Gasteiger partial charge in [-0.05, 0) is 25.8 Å². The third kappa shape index (κ3) is 3.52. The molecule has 19 heavy (non-hydrogen) atoms.